The van der Waals surface area contributed by atoms with Crippen molar-refractivity contribution in [3.8, 4) is 16.3 Å². The molecule has 0 radical (unpaired) electrons. The molecule has 0 aliphatic rings. The summed E-state index contributed by atoms with van der Waals surface area (Å²) in [5, 5.41) is 16.9. The first kappa shape index (κ1) is 18.4. The standard InChI is InChI=1S/C19H16ClN5O2S/c1-11-9-13(18-24-25-12(2)22-23-19(25)28-18)3-8-16(11)21-17(26)10-27-15-6-4-14(20)5-7-15/h3-9H,10H2,1-2H3,(H,21,26). The van der Waals surface area contributed by atoms with Gasteiger partial charge < -0.3 is 10.1 Å². The molecule has 2 aromatic carbocycles. The number of halogens is 1. The second-order valence-corrected chi connectivity index (χ2v) is 7.56. The number of fused-ring (bicyclic) bond motifs is 1. The molecule has 142 valence electrons. The fraction of sp³-hybridized carbons (Fsp3) is 0.158. The quantitative estimate of drug-likeness (QED) is 0.531. The maximum atomic E-state index is 12.2. The molecule has 4 aromatic rings. The fourth-order valence-corrected chi connectivity index (χ4v) is 3.64. The lowest BCUT2D eigenvalue weighted by molar-refractivity contribution is -0.118. The average Bonchev–Trinajstić information content (AvgIpc) is 3.25. The number of aromatic nitrogens is 4. The van der Waals surface area contributed by atoms with Crippen molar-refractivity contribution < 1.29 is 9.53 Å². The first-order valence-electron chi connectivity index (χ1n) is 8.48. The van der Waals surface area contributed by atoms with Gasteiger partial charge >= 0.3 is 0 Å². The molecule has 2 heterocycles. The van der Waals surface area contributed by atoms with E-state index >= 15 is 0 Å². The highest BCUT2D eigenvalue weighted by molar-refractivity contribution is 7.19. The molecule has 0 saturated carbocycles. The molecule has 0 fully saturated rings. The van der Waals surface area contributed by atoms with Gasteiger partial charge in [0.05, 0.1) is 0 Å². The molecule has 1 amide bonds. The van der Waals surface area contributed by atoms with Crippen LogP contribution in [-0.4, -0.2) is 32.3 Å². The third kappa shape index (κ3) is 3.83. The minimum atomic E-state index is -0.236. The number of anilines is 1. The minimum absolute atomic E-state index is 0.0845. The first-order chi connectivity index (χ1) is 13.5. The second kappa shape index (κ2) is 7.57. The number of nitrogens with zero attached hydrogens (tertiary/aromatic N) is 4. The van der Waals surface area contributed by atoms with Crippen LogP contribution in [-0.2, 0) is 4.79 Å². The third-order valence-corrected chi connectivity index (χ3v) is 5.28. The molecule has 2 aromatic heterocycles. The number of carbonyl (C=O) groups excluding carboxylic acids is 1. The van der Waals surface area contributed by atoms with Crippen molar-refractivity contribution in [2.75, 3.05) is 11.9 Å². The molecular weight excluding hydrogens is 398 g/mol. The van der Waals surface area contributed by atoms with Crippen molar-refractivity contribution in [3.63, 3.8) is 0 Å². The zero-order chi connectivity index (χ0) is 19.7. The van der Waals surface area contributed by atoms with Crippen LogP contribution in [0.2, 0.25) is 5.02 Å². The first-order valence-corrected chi connectivity index (χ1v) is 9.67. The molecule has 0 aliphatic carbocycles. The smallest absolute Gasteiger partial charge is 0.262 e. The van der Waals surface area contributed by atoms with Gasteiger partial charge in [-0.3, -0.25) is 4.79 Å². The highest BCUT2D eigenvalue weighted by Crippen LogP contribution is 2.28. The lowest BCUT2D eigenvalue weighted by atomic mass is 10.1. The number of carbonyl (C=O) groups is 1. The molecule has 0 bridgehead atoms. The highest BCUT2D eigenvalue weighted by atomic mass is 35.5. The predicted molar refractivity (Wildman–Crippen MR) is 109 cm³/mol. The van der Waals surface area contributed by atoms with E-state index < -0.39 is 0 Å². The van der Waals surface area contributed by atoms with Gasteiger partial charge in [0.2, 0.25) is 4.96 Å². The van der Waals surface area contributed by atoms with Crippen LogP contribution < -0.4 is 10.1 Å². The largest absolute Gasteiger partial charge is 0.484 e. The van der Waals surface area contributed by atoms with Crippen LogP contribution in [0.25, 0.3) is 15.5 Å². The number of aryl methyl sites for hydroxylation is 2. The summed E-state index contributed by atoms with van der Waals surface area (Å²) in [6.07, 6.45) is 0. The summed E-state index contributed by atoms with van der Waals surface area (Å²) in [7, 11) is 0. The number of nitrogens with one attached hydrogen (secondary N) is 1. The van der Waals surface area contributed by atoms with Crippen LogP contribution in [0.4, 0.5) is 5.69 Å². The van der Waals surface area contributed by atoms with E-state index in [1.807, 2.05) is 32.0 Å². The van der Waals surface area contributed by atoms with Gasteiger partial charge in [0.15, 0.2) is 12.4 Å². The molecule has 0 atom stereocenters. The number of ether oxygens (including phenoxy) is 1. The Balaban J connectivity index is 1.43. The topological polar surface area (TPSA) is 81.4 Å². The molecular formula is C19H16ClN5O2S. The number of rotatable bonds is 5. The van der Waals surface area contributed by atoms with Gasteiger partial charge in [-0.15, -0.1) is 10.2 Å². The molecule has 4 rings (SSSR count). The molecule has 0 aliphatic heterocycles. The zero-order valence-electron chi connectivity index (χ0n) is 15.1. The second-order valence-electron chi connectivity index (χ2n) is 6.17. The fourth-order valence-electron chi connectivity index (χ4n) is 2.63. The van der Waals surface area contributed by atoms with Gasteiger partial charge in [-0.05, 0) is 61.9 Å². The van der Waals surface area contributed by atoms with Crippen molar-refractivity contribution in [2.45, 2.75) is 13.8 Å². The Morgan fingerprint density at radius 2 is 1.96 bits per heavy atom. The lowest BCUT2D eigenvalue weighted by Gasteiger charge is -2.10. The number of hydrogen-bond donors (Lipinski definition) is 1. The van der Waals surface area contributed by atoms with Gasteiger partial charge in [0.25, 0.3) is 5.91 Å². The Bertz CT molecular complexity index is 1150. The summed E-state index contributed by atoms with van der Waals surface area (Å²) in [6.45, 7) is 3.71. The van der Waals surface area contributed by atoms with E-state index in [0.29, 0.717) is 10.8 Å². The van der Waals surface area contributed by atoms with Crippen LogP contribution in [0, 0.1) is 13.8 Å². The normalized spacial score (nSPS) is 11.0. The Labute approximate surface area is 169 Å². The average molecular weight is 414 g/mol. The summed E-state index contributed by atoms with van der Waals surface area (Å²) >= 11 is 7.30. The van der Waals surface area contributed by atoms with Gasteiger partial charge in [0.1, 0.15) is 10.8 Å². The summed E-state index contributed by atoms with van der Waals surface area (Å²) < 4.78 is 7.19. The van der Waals surface area contributed by atoms with Crippen molar-refractivity contribution in [3.05, 3.63) is 58.9 Å². The Morgan fingerprint density at radius 3 is 2.68 bits per heavy atom. The molecule has 28 heavy (non-hydrogen) atoms. The molecule has 0 saturated heterocycles. The molecule has 1 N–H and O–H groups in total. The molecule has 0 unspecified atom stereocenters. The van der Waals surface area contributed by atoms with Crippen LogP contribution in [0.3, 0.4) is 0 Å². The number of hydrogen-bond acceptors (Lipinski definition) is 6. The lowest BCUT2D eigenvalue weighted by Crippen LogP contribution is -2.20. The van der Waals surface area contributed by atoms with Crippen LogP contribution in [0.1, 0.15) is 11.4 Å². The summed E-state index contributed by atoms with van der Waals surface area (Å²) in [6, 6.07) is 12.6. The van der Waals surface area contributed by atoms with Crippen molar-refractivity contribution in [1.29, 1.82) is 0 Å². The summed E-state index contributed by atoms with van der Waals surface area (Å²) in [5.41, 5.74) is 2.62. The highest BCUT2D eigenvalue weighted by Gasteiger charge is 2.12. The summed E-state index contributed by atoms with van der Waals surface area (Å²) in [5.74, 6) is 1.10. The number of benzene rings is 2. The van der Waals surface area contributed by atoms with Crippen LogP contribution in [0.15, 0.2) is 42.5 Å². The Morgan fingerprint density at radius 1 is 1.18 bits per heavy atom. The summed E-state index contributed by atoms with van der Waals surface area (Å²) in [4.78, 5) is 12.9. The van der Waals surface area contributed by atoms with E-state index in [0.717, 1.165) is 32.6 Å². The molecule has 9 heteroatoms. The van der Waals surface area contributed by atoms with E-state index in [9.17, 15) is 4.79 Å². The van der Waals surface area contributed by atoms with E-state index in [2.05, 4.69) is 20.6 Å². The Kier molecular flexibility index (Phi) is 4.97. The maximum absolute atomic E-state index is 12.2. The van der Waals surface area contributed by atoms with Crippen molar-refractivity contribution in [1.82, 2.24) is 19.8 Å². The zero-order valence-corrected chi connectivity index (χ0v) is 16.7. The van der Waals surface area contributed by atoms with Gasteiger partial charge in [0, 0.05) is 16.3 Å². The molecule has 7 nitrogen and oxygen atoms in total. The van der Waals surface area contributed by atoms with Crippen molar-refractivity contribution in [2.24, 2.45) is 0 Å². The van der Waals surface area contributed by atoms with E-state index in [-0.39, 0.29) is 12.5 Å². The van der Waals surface area contributed by atoms with E-state index in [1.165, 1.54) is 11.3 Å². The van der Waals surface area contributed by atoms with Gasteiger partial charge in [-0.1, -0.05) is 22.9 Å². The van der Waals surface area contributed by atoms with E-state index in [4.69, 9.17) is 16.3 Å². The Hall–Kier alpha value is -2.97. The van der Waals surface area contributed by atoms with Crippen LogP contribution in [0.5, 0.6) is 5.75 Å². The predicted octanol–water partition coefficient (Wildman–Crippen LogP) is 4.14. The SMILES string of the molecule is Cc1cc(-c2nn3c(C)nnc3s2)ccc1NC(=O)COc1ccc(Cl)cc1. The van der Waals surface area contributed by atoms with Crippen LogP contribution >= 0.6 is 22.9 Å². The molecule has 0 spiro atoms. The van der Waals surface area contributed by atoms with Gasteiger partial charge in [-0.25, -0.2) is 0 Å². The van der Waals surface area contributed by atoms with Crippen molar-refractivity contribution >= 4 is 39.5 Å². The minimum Gasteiger partial charge on any atom is -0.484 e. The van der Waals surface area contributed by atoms with Gasteiger partial charge in [-0.2, -0.15) is 9.61 Å². The third-order valence-electron chi connectivity index (χ3n) is 4.08. The monoisotopic (exact) mass is 413 g/mol. The number of amides is 1. The van der Waals surface area contributed by atoms with E-state index in [1.54, 1.807) is 28.8 Å². The maximum Gasteiger partial charge on any atom is 0.262 e.